The Labute approximate surface area is 216 Å². The van der Waals surface area contributed by atoms with Crippen LogP contribution in [0.1, 0.15) is 54.9 Å². The summed E-state index contributed by atoms with van der Waals surface area (Å²) >= 11 is 0. The summed E-state index contributed by atoms with van der Waals surface area (Å²) in [6.07, 6.45) is 4.79. The van der Waals surface area contributed by atoms with Gasteiger partial charge in [-0.25, -0.2) is 4.79 Å². The fourth-order valence-electron chi connectivity index (χ4n) is 4.50. The third-order valence-corrected chi connectivity index (χ3v) is 6.45. The van der Waals surface area contributed by atoms with Crippen LogP contribution in [0, 0.1) is 5.92 Å². The molecule has 198 valence electrons. The van der Waals surface area contributed by atoms with Gasteiger partial charge in [0.2, 0.25) is 0 Å². The number of aliphatic carboxylic acids is 1. The number of likely N-dealkylation sites (tertiary alicyclic amines) is 1. The Balaban J connectivity index is 1.71. The van der Waals surface area contributed by atoms with Crippen LogP contribution in [0.25, 0.3) is 0 Å². The van der Waals surface area contributed by atoms with Gasteiger partial charge in [-0.05, 0) is 36.8 Å². The molecule has 2 aromatic rings. The number of nitrogens with one attached hydrogen (secondary N) is 1. The Kier molecular flexibility index (Phi) is 9.59. The summed E-state index contributed by atoms with van der Waals surface area (Å²) in [6, 6.07) is 10.8. The van der Waals surface area contributed by atoms with Gasteiger partial charge in [0, 0.05) is 12.6 Å². The Morgan fingerprint density at radius 1 is 1.11 bits per heavy atom. The largest absolute Gasteiger partial charge is 0.548 e. The van der Waals surface area contributed by atoms with E-state index in [0.29, 0.717) is 13.0 Å². The van der Waals surface area contributed by atoms with Gasteiger partial charge in [0.1, 0.15) is 11.5 Å². The molecule has 10 nitrogen and oxygen atoms in total. The van der Waals surface area contributed by atoms with Crippen molar-refractivity contribution in [1.82, 2.24) is 10.2 Å². The molecule has 3 atom stereocenters. The molecule has 0 bridgehead atoms. The molecule has 1 fully saturated rings. The number of carboxylic acids is 1. The standard InChI is InChI=1S/C27H33N3O7/c1-18(2)23(25(32)33)28-24(31)20-12-9-14-29(16-20)17-37-27(35)30-15-8-7-13-21(30)22(26(34)36-3)19-10-5-4-6-11-19/h4-6,9-12,14,16,18,21-23H,7-8,13,15,17H2,1-3H3,(H-,28,31,32,33)/t21?,22?,23-/m0/s1. The maximum atomic E-state index is 13.1. The number of pyridine rings is 1. The van der Waals surface area contributed by atoms with Crippen molar-refractivity contribution >= 4 is 23.9 Å². The van der Waals surface area contributed by atoms with Gasteiger partial charge < -0.3 is 29.6 Å². The minimum absolute atomic E-state index is 0.175. The predicted molar refractivity (Wildman–Crippen MR) is 130 cm³/mol. The summed E-state index contributed by atoms with van der Waals surface area (Å²) < 4.78 is 12.1. The highest BCUT2D eigenvalue weighted by Gasteiger charge is 2.39. The van der Waals surface area contributed by atoms with Gasteiger partial charge in [0.15, 0.2) is 12.4 Å². The van der Waals surface area contributed by atoms with Crippen LogP contribution in [-0.4, -0.2) is 54.6 Å². The summed E-state index contributed by atoms with van der Waals surface area (Å²) in [5.41, 5.74) is 0.972. The fraction of sp³-hybridized carbons (Fsp3) is 0.444. The van der Waals surface area contributed by atoms with Crippen molar-refractivity contribution in [2.75, 3.05) is 13.7 Å². The first-order chi connectivity index (χ1) is 17.7. The maximum absolute atomic E-state index is 13.1. The average molecular weight is 512 g/mol. The van der Waals surface area contributed by atoms with Crippen molar-refractivity contribution in [3.63, 3.8) is 0 Å². The lowest BCUT2D eigenvalue weighted by Crippen LogP contribution is -2.51. The maximum Gasteiger partial charge on any atom is 0.414 e. The van der Waals surface area contributed by atoms with Gasteiger partial charge in [-0.15, -0.1) is 0 Å². The lowest BCUT2D eigenvalue weighted by Gasteiger charge is -2.38. The molecule has 1 aliphatic rings. The van der Waals surface area contributed by atoms with Gasteiger partial charge >= 0.3 is 12.1 Å². The number of aromatic nitrogens is 1. The van der Waals surface area contributed by atoms with Gasteiger partial charge in [-0.1, -0.05) is 44.2 Å². The van der Waals surface area contributed by atoms with Crippen LogP contribution in [0.2, 0.25) is 0 Å². The molecule has 0 spiro atoms. The van der Waals surface area contributed by atoms with E-state index in [-0.39, 0.29) is 18.2 Å². The average Bonchev–Trinajstić information content (AvgIpc) is 2.91. The highest BCUT2D eigenvalue weighted by molar-refractivity contribution is 5.95. The lowest BCUT2D eigenvalue weighted by molar-refractivity contribution is -0.727. The number of amides is 2. The molecule has 10 heteroatoms. The van der Waals surface area contributed by atoms with Crippen molar-refractivity contribution in [2.45, 2.75) is 57.8 Å². The highest BCUT2D eigenvalue weighted by atomic mass is 16.6. The molecule has 0 radical (unpaired) electrons. The van der Waals surface area contributed by atoms with Crippen molar-refractivity contribution in [3.05, 3.63) is 66.0 Å². The molecule has 2 unspecified atom stereocenters. The molecule has 1 N–H and O–H groups in total. The molecule has 0 aliphatic carbocycles. The van der Waals surface area contributed by atoms with Crippen LogP contribution < -0.4 is 15.0 Å². The topological polar surface area (TPSA) is 129 Å². The summed E-state index contributed by atoms with van der Waals surface area (Å²) in [5.74, 6) is -3.36. The van der Waals surface area contributed by atoms with Gasteiger partial charge in [0.25, 0.3) is 12.6 Å². The van der Waals surface area contributed by atoms with Crippen molar-refractivity contribution < 1.29 is 38.3 Å². The first kappa shape index (κ1) is 27.6. The van der Waals surface area contributed by atoms with Gasteiger partial charge in [-0.2, -0.15) is 4.57 Å². The van der Waals surface area contributed by atoms with Gasteiger partial charge in [-0.3, -0.25) is 9.59 Å². The van der Waals surface area contributed by atoms with E-state index in [1.54, 1.807) is 31.0 Å². The fourth-order valence-corrected chi connectivity index (χ4v) is 4.50. The number of benzene rings is 1. The van der Waals surface area contributed by atoms with E-state index in [1.165, 1.54) is 23.9 Å². The van der Waals surface area contributed by atoms with E-state index in [4.69, 9.17) is 9.47 Å². The third kappa shape index (κ3) is 7.05. The molecule has 1 aromatic carbocycles. The minimum Gasteiger partial charge on any atom is -0.548 e. The summed E-state index contributed by atoms with van der Waals surface area (Å²) in [7, 11) is 1.33. The zero-order valence-corrected chi connectivity index (χ0v) is 21.3. The summed E-state index contributed by atoms with van der Waals surface area (Å²) in [4.78, 5) is 51.3. The number of carboxylic acid groups (broad SMARTS) is 1. The SMILES string of the molecule is COC(=O)C(c1ccccc1)C1CCCCN1C(=O)OC[n+]1cccc(C(=O)N[C@H](C(=O)[O-])C(C)C)c1. The van der Waals surface area contributed by atoms with Crippen LogP contribution in [0.3, 0.4) is 0 Å². The first-order valence-corrected chi connectivity index (χ1v) is 12.3. The van der Waals surface area contributed by atoms with Gasteiger partial charge in [0.05, 0.1) is 25.2 Å². The molecule has 1 aromatic heterocycles. The number of piperidine rings is 1. The number of ether oxygens (including phenoxy) is 2. The van der Waals surface area contributed by atoms with Crippen molar-refractivity contribution in [1.29, 1.82) is 0 Å². The number of carbonyl (C=O) groups is 4. The number of methoxy groups -OCH3 is 1. The monoisotopic (exact) mass is 511 g/mol. The van der Waals surface area contributed by atoms with Crippen LogP contribution >= 0.6 is 0 Å². The smallest absolute Gasteiger partial charge is 0.414 e. The second-order valence-corrected chi connectivity index (χ2v) is 9.33. The van der Waals surface area contributed by atoms with E-state index in [9.17, 15) is 24.3 Å². The molecule has 2 amide bonds. The van der Waals surface area contributed by atoms with Crippen LogP contribution in [0.15, 0.2) is 54.9 Å². The van der Waals surface area contributed by atoms with Crippen molar-refractivity contribution in [2.24, 2.45) is 5.92 Å². The number of carbonyl (C=O) groups excluding carboxylic acids is 4. The first-order valence-electron chi connectivity index (χ1n) is 12.3. The second kappa shape index (κ2) is 12.8. The predicted octanol–water partition coefficient (Wildman–Crippen LogP) is 1.38. The van der Waals surface area contributed by atoms with E-state index in [2.05, 4.69) is 5.32 Å². The van der Waals surface area contributed by atoms with Crippen LogP contribution in [-0.2, 0) is 25.8 Å². The number of nitrogens with zero attached hydrogens (tertiary/aromatic N) is 2. The molecule has 0 saturated carbocycles. The summed E-state index contributed by atoms with van der Waals surface area (Å²) in [5, 5.41) is 13.8. The molecule has 1 saturated heterocycles. The Bertz CT molecular complexity index is 1110. The zero-order valence-electron chi connectivity index (χ0n) is 21.3. The molecule has 37 heavy (non-hydrogen) atoms. The van der Waals surface area contributed by atoms with E-state index >= 15 is 0 Å². The molecular formula is C27H33N3O7. The number of hydrogen-bond donors (Lipinski definition) is 1. The minimum atomic E-state index is -1.36. The number of hydrogen-bond acceptors (Lipinski definition) is 7. The molecule has 1 aliphatic heterocycles. The number of rotatable bonds is 9. The Morgan fingerprint density at radius 2 is 1.84 bits per heavy atom. The normalized spacial score (nSPS) is 17.0. The lowest BCUT2D eigenvalue weighted by atomic mass is 9.85. The van der Waals surface area contributed by atoms with E-state index in [0.717, 1.165) is 18.4 Å². The molecular weight excluding hydrogens is 478 g/mol. The second-order valence-electron chi connectivity index (χ2n) is 9.33. The van der Waals surface area contributed by atoms with Crippen LogP contribution in [0.4, 0.5) is 4.79 Å². The molecule has 3 rings (SSSR count). The highest BCUT2D eigenvalue weighted by Crippen LogP contribution is 2.32. The number of esters is 1. The summed E-state index contributed by atoms with van der Waals surface area (Å²) in [6.45, 7) is 3.60. The quantitative estimate of drug-likeness (QED) is 0.398. The molecule has 2 heterocycles. The Morgan fingerprint density at radius 3 is 2.49 bits per heavy atom. The Hall–Kier alpha value is -3.95. The van der Waals surface area contributed by atoms with E-state index < -0.39 is 41.9 Å². The third-order valence-electron chi connectivity index (χ3n) is 6.45. The zero-order chi connectivity index (χ0) is 26.9. The van der Waals surface area contributed by atoms with E-state index in [1.807, 2.05) is 30.3 Å². The van der Waals surface area contributed by atoms with Crippen LogP contribution in [0.5, 0.6) is 0 Å². The van der Waals surface area contributed by atoms with Crippen molar-refractivity contribution in [3.8, 4) is 0 Å².